The molecule has 0 radical (unpaired) electrons. The van der Waals surface area contributed by atoms with Crippen molar-refractivity contribution in [2.75, 3.05) is 29.4 Å². The second-order valence-corrected chi connectivity index (χ2v) is 50.0. The zero-order valence-electron chi connectivity index (χ0n) is 91.7. The van der Waals surface area contributed by atoms with Crippen molar-refractivity contribution >= 4 is 101 Å². The van der Waals surface area contributed by atoms with Crippen LogP contribution >= 0.6 is 0 Å². The van der Waals surface area contributed by atoms with E-state index in [1.807, 2.05) is 12.1 Å². The van der Waals surface area contributed by atoms with E-state index in [0.717, 1.165) is 112 Å². The molecule has 18 nitrogen and oxygen atoms in total. The molecular formula is C132H146N6O12. The molecule has 7 saturated carbocycles. The summed E-state index contributed by atoms with van der Waals surface area (Å²) >= 11 is 0. The van der Waals surface area contributed by atoms with E-state index in [-0.39, 0.29) is 67.0 Å². The maximum atomic E-state index is 6.58. The molecule has 0 amide bonds. The molecule has 0 saturated heterocycles. The lowest BCUT2D eigenvalue weighted by Gasteiger charge is -2.63. The Morgan fingerprint density at radius 2 is 0.480 bits per heavy atom. The maximum Gasteiger partial charge on any atom is 0.297 e. The lowest BCUT2D eigenvalue weighted by molar-refractivity contribution is -0.0682. The van der Waals surface area contributed by atoms with E-state index in [9.17, 15) is 0 Å². The highest BCUT2D eigenvalue weighted by Crippen LogP contribution is 2.75. The van der Waals surface area contributed by atoms with Crippen LogP contribution in [-0.2, 0) is 44.1 Å². The summed E-state index contributed by atoms with van der Waals surface area (Å²) in [5.41, 5.74) is 26.4. The van der Waals surface area contributed by atoms with E-state index in [0.29, 0.717) is 64.9 Å². The minimum Gasteiger partial charge on any atom is -0.433 e. The monoisotopic (exact) mass is 2010 g/mol. The molecule has 8 aliphatic heterocycles. The van der Waals surface area contributed by atoms with Crippen LogP contribution in [0.5, 0.6) is 0 Å². The van der Waals surface area contributed by atoms with Crippen molar-refractivity contribution in [1.29, 1.82) is 0 Å². The fraction of sp³-hybridized carbons (Fsp3) is 0.455. The molecule has 4 spiro atoms. The van der Waals surface area contributed by atoms with Gasteiger partial charge in [0.05, 0.1) is 123 Å². The van der Waals surface area contributed by atoms with Gasteiger partial charge in [0.2, 0.25) is 0 Å². The fourth-order valence-electron chi connectivity index (χ4n) is 34.3. The molecule has 6 aromatic carbocycles. The first-order valence-corrected chi connectivity index (χ1v) is 56.3. The zero-order chi connectivity index (χ0) is 103. The number of para-hydroxylation sites is 6. The summed E-state index contributed by atoms with van der Waals surface area (Å²) in [7, 11) is 0. The van der Waals surface area contributed by atoms with Gasteiger partial charge in [-0.3, -0.25) is 0 Å². The van der Waals surface area contributed by atoms with Gasteiger partial charge in [0.15, 0.2) is 0 Å². The van der Waals surface area contributed by atoms with E-state index >= 15 is 0 Å². The quantitative estimate of drug-likeness (QED) is 0.162. The molecule has 776 valence electrons. The summed E-state index contributed by atoms with van der Waals surface area (Å²) in [6, 6.07) is 62.7. The Labute approximate surface area is 880 Å². The van der Waals surface area contributed by atoms with E-state index in [1.54, 1.807) is 37.6 Å². The number of hydrogen-bond donors (Lipinski definition) is 0. The van der Waals surface area contributed by atoms with Crippen LogP contribution in [0.3, 0.4) is 0 Å². The molecule has 33 rings (SSSR count). The van der Waals surface area contributed by atoms with Gasteiger partial charge in [-0.15, -0.1) is 0 Å². The largest absolute Gasteiger partial charge is 0.433 e. The van der Waals surface area contributed by atoms with Gasteiger partial charge in [0.25, 0.3) is 34.7 Å². The standard InChI is InChI=1S/C25H27NO2.2C23H27NO2.C21H23NO2.2C20H21NO2/c1-14-5-3-4-6-21(14)26-15(2)22-20-7-8-27-24(20)28-23(22)25(26)18-10-16-9-17(12-18)13-19(25)11-16;2*1-13-9-8-10-16-18(13)24-14(2)17-15-11-12-25-20(15)26-19(17)23(24,7)22(5,6)21(16,3)4;1-14-8-4-5-9-17(14)22-15(2)18-16-10-13-23-20(16)24-19(18)21(22)11-6-3-7-12-21;2*1-13-7-3-4-8-16(13)21-14(2)17-15-9-12-22-19(15)23-18(17)20(21)10-5-6-11-20/h3-8,15-19H,9-13H2,1-2H3;2*8-12,14H,1-7H3;4-5,8-10,13,15H,3,6-7,11-12H2,1-2H3;2*3-4,7-9,12,14H,5-6,10-11H2,1-2H3. The van der Waals surface area contributed by atoms with E-state index in [1.165, 1.54) is 200 Å². The smallest absolute Gasteiger partial charge is 0.297 e. The van der Waals surface area contributed by atoms with Crippen molar-refractivity contribution < 1.29 is 53.0 Å². The molecule has 7 fully saturated rings. The molecule has 7 aliphatic carbocycles. The van der Waals surface area contributed by atoms with Crippen molar-refractivity contribution in [3.05, 3.63) is 320 Å². The molecule has 150 heavy (non-hydrogen) atoms. The molecule has 15 aliphatic rings. The Balaban J connectivity index is 0.0000000886. The summed E-state index contributed by atoms with van der Waals surface area (Å²) in [6.45, 7) is 51.0. The van der Waals surface area contributed by atoms with Crippen LogP contribution in [0.2, 0.25) is 0 Å². The number of nitrogens with zero attached hydrogens (tertiary/aromatic N) is 6. The molecule has 4 bridgehead atoms. The number of fused-ring (bicyclic) bond motifs is 29. The SMILES string of the molecule is Cc1cccc2c1N1C(C)c3c(oc4occc34)C1(C)C(C)(C)C2(C)C.Cc1cccc2c1N1C(C)c3c(oc4occc34)C1(C)C(C)(C)C2(C)C.Cc1ccccc1N1C(C)c2c(oc3occc23)C12C1CC3CC(C1)CC2C3.Cc1ccccc1N1C(C)c2c(oc3occc23)C12CCCC2.Cc1ccccc1N1C(C)c2c(oc3occc23)C12CCCC2.Cc1ccccc1N1C(C)c2c(oc3occc23)C12CCCCC2. The third-order valence-electron chi connectivity index (χ3n) is 42.5. The van der Waals surface area contributed by atoms with Gasteiger partial charge < -0.3 is 82.4 Å². The number of rotatable bonds is 4. The Hall–Kier alpha value is -13.0. The van der Waals surface area contributed by atoms with Crippen LogP contribution in [0.15, 0.2) is 260 Å². The van der Waals surface area contributed by atoms with Gasteiger partial charge in [-0.1, -0.05) is 210 Å². The molecule has 8 unspecified atom stereocenters. The van der Waals surface area contributed by atoms with Crippen LogP contribution in [0.1, 0.15) is 375 Å². The highest BCUT2D eigenvalue weighted by Gasteiger charge is 2.71. The van der Waals surface area contributed by atoms with Crippen molar-refractivity contribution in [1.82, 2.24) is 0 Å². The normalized spacial score (nSPS) is 27.3. The molecule has 18 aromatic rings. The van der Waals surface area contributed by atoms with Gasteiger partial charge in [0, 0.05) is 78.3 Å². The minimum atomic E-state index is -0.244. The van der Waals surface area contributed by atoms with Crippen molar-refractivity contribution in [2.24, 2.45) is 34.5 Å². The first-order chi connectivity index (χ1) is 72.1. The Kier molecular flexibility index (Phi) is 21.2. The highest BCUT2D eigenvalue weighted by atomic mass is 16.5. The average molecular weight is 2010 g/mol. The molecular weight excluding hydrogens is 1860 g/mol. The lowest BCUT2D eigenvalue weighted by atomic mass is 9.48. The Bertz CT molecular complexity index is 7990. The number of anilines is 6. The molecule has 18 heteroatoms. The van der Waals surface area contributed by atoms with Gasteiger partial charge >= 0.3 is 0 Å². The summed E-state index contributed by atoms with van der Waals surface area (Å²) < 4.78 is 71.7. The van der Waals surface area contributed by atoms with Crippen molar-refractivity contribution in [3.63, 3.8) is 0 Å². The fourth-order valence-corrected chi connectivity index (χ4v) is 34.3. The van der Waals surface area contributed by atoms with Crippen LogP contribution in [-0.4, -0.2) is 0 Å². The first kappa shape index (κ1) is 95.4. The zero-order valence-corrected chi connectivity index (χ0v) is 91.7. The summed E-state index contributed by atoms with van der Waals surface area (Å²) in [5, 5.41) is 6.87. The predicted molar refractivity (Wildman–Crippen MR) is 595 cm³/mol. The predicted octanol–water partition coefficient (Wildman–Crippen LogP) is 36.9. The van der Waals surface area contributed by atoms with Crippen LogP contribution in [0.4, 0.5) is 34.1 Å². The van der Waals surface area contributed by atoms with Crippen LogP contribution in [0.25, 0.3) is 67.0 Å². The number of furan rings is 12. The second-order valence-electron chi connectivity index (χ2n) is 50.0. The molecule has 0 N–H and O–H groups in total. The lowest BCUT2D eigenvalue weighted by Crippen LogP contribution is -2.62. The van der Waals surface area contributed by atoms with Crippen molar-refractivity contribution in [2.45, 2.75) is 348 Å². The molecule has 8 atom stereocenters. The average Bonchev–Trinajstić information content (AvgIpc) is 1.49. The summed E-state index contributed by atoms with van der Waals surface area (Å²) in [5.74, 6) is 14.2. The topological polar surface area (TPSA) is 177 Å². The van der Waals surface area contributed by atoms with Crippen molar-refractivity contribution in [3.8, 4) is 0 Å². The minimum absolute atomic E-state index is 0.00238. The van der Waals surface area contributed by atoms with E-state index in [4.69, 9.17) is 53.0 Å². The molecule has 20 heterocycles. The van der Waals surface area contributed by atoms with Crippen LogP contribution in [0, 0.1) is 76.0 Å². The summed E-state index contributed by atoms with van der Waals surface area (Å²) in [4.78, 5) is 15.9. The highest BCUT2D eigenvalue weighted by molar-refractivity contribution is 5.90. The number of aryl methyl sites for hydroxylation is 6. The second kappa shape index (κ2) is 33.3. The summed E-state index contributed by atoms with van der Waals surface area (Å²) in [6.07, 6.45) is 33.2. The van der Waals surface area contributed by atoms with E-state index < -0.39 is 0 Å². The van der Waals surface area contributed by atoms with E-state index in [2.05, 4.69) is 339 Å². The molecule has 12 aromatic heterocycles. The van der Waals surface area contributed by atoms with Gasteiger partial charge in [-0.05, 0) is 307 Å². The van der Waals surface area contributed by atoms with Gasteiger partial charge in [-0.2, -0.15) is 0 Å². The Morgan fingerprint density at radius 1 is 0.240 bits per heavy atom. The first-order valence-electron chi connectivity index (χ1n) is 56.3. The van der Waals surface area contributed by atoms with Crippen LogP contribution < -0.4 is 29.4 Å². The number of benzene rings is 6. The van der Waals surface area contributed by atoms with Gasteiger partial charge in [-0.25, -0.2) is 0 Å². The maximum absolute atomic E-state index is 6.58. The van der Waals surface area contributed by atoms with Gasteiger partial charge in [0.1, 0.15) is 51.2 Å². The third-order valence-corrected chi connectivity index (χ3v) is 42.5. The number of hydrogen-bond acceptors (Lipinski definition) is 18. The Morgan fingerprint density at radius 3 is 0.780 bits per heavy atom. The third kappa shape index (κ3) is 12.4.